The number of thioether (sulfide) groups is 1. The number of benzene rings is 2. The molecule has 2 aromatic carbocycles. The Labute approximate surface area is 187 Å². The van der Waals surface area contributed by atoms with Crippen molar-refractivity contribution in [1.29, 1.82) is 0 Å². The molecule has 0 aliphatic carbocycles. The predicted molar refractivity (Wildman–Crippen MR) is 124 cm³/mol. The molecule has 2 aromatic rings. The fraction of sp³-hybridized carbons (Fsp3) is 0.391. The van der Waals surface area contributed by atoms with Crippen LogP contribution in [0.25, 0.3) is 0 Å². The molecule has 0 spiro atoms. The highest BCUT2D eigenvalue weighted by molar-refractivity contribution is 7.99. The standard InChI is InChI=1S/C23H29N3O4S/c1-29-12-13-30-21-8-4-19(5-9-21)17-24-23(28)25-20-6-2-18(3-7-20)16-22(27)26-10-14-31-15-11-26/h2-9H,10-17H2,1H3,(H2,24,25,28). The molecule has 0 saturated carbocycles. The average Bonchev–Trinajstić information content (AvgIpc) is 2.80. The number of nitrogens with one attached hydrogen (secondary N) is 2. The Hall–Kier alpha value is -2.71. The van der Waals surface area contributed by atoms with Crippen LogP contribution in [0.5, 0.6) is 5.75 Å². The Morgan fingerprint density at radius 3 is 2.32 bits per heavy atom. The summed E-state index contributed by atoms with van der Waals surface area (Å²) in [6, 6.07) is 14.7. The van der Waals surface area contributed by atoms with Crippen molar-refractivity contribution < 1.29 is 19.1 Å². The zero-order valence-electron chi connectivity index (χ0n) is 17.8. The van der Waals surface area contributed by atoms with Crippen molar-refractivity contribution in [3.63, 3.8) is 0 Å². The van der Waals surface area contributed by atoms with E-state index in [1.165, 1.54) is 0 Å². The Bertz CT molecular complexity index is 837. The van der Waals surface area contributed by atoms with Gasteiger partial charge >= 0.3 is 6.03 Å². The van der Waals surface area contributed by atoms with Crippen LogP contribution in [-0.4, -0.2) is 61.8 Å². The molecule has 166 valence electrons. The number of anilines is 1. The minimum absolute atomic E-state index is 0.161. The SMILES string of the molecule is COCCOc1ccc(CNC(=O)Nc2ccc(CC(=O)N3CCSCC3)cc2)cc1. The molecule has 0 bridgehead atoms. The Balaban J connectivity index is 1.40. The van der Waals surface area contributed by atoms with Crippen LogP contribution in [0.3, 0.4) is 0 Å². The number of amides is 3. The number of nitrogens with zero attached hydrogens (tertiary/aromatic N) is 1. The number of carbonyl (C=O) groups is 2. The van der Waals surface area contributed by atoms with Gasteiger partial charge in [-0.15, -0.1) is 0 Å². The maximum Gasteiger partial charge on any atom is 0.319 e. The highest BCUT2D eigenvalue weighted by Gasteiger charge is 2.16. The average molecular weight is 444 g/mol. The van der Waals surface area contributed by atoms with E-state index < -0.39 is 0 Å². The first-order chi connectivity index (χ1) is 15.1. The molecule has 0 aromatic heterocycles. The lowest BCUT2D eigenvalue weighted by Gasteiger charge is -2.26. The van der Waals surface area contributed by atoms with Crippen molar-refractivity contribution in [2.45, 2.75) is 13.0 Å². The third-order valence-corrected chi connectivity index (χ3v) is 5.81. The maximum atomic E-state index is 12.4. The summed E-state index contributed by atoms with van der Waals surface area (Å²) in [5.41, 5.74) is 2.60. The molecule has 1 fully saturated rings. The second kappa shape index (κ2) is 12.2. The van der Waals surface area contributed by atoms with Crippen LogP contribution >= 0.6 is 11.8 Å². The summed E-state index contributed by atoms with van der Waals surface area (Å²) in [6.45, 7) is 3.10. The van der Waals surface area contributed by atoms with Crippen molar-refractivity contribution >= 4 is 29.4 Å². The number of methoxy groups -OCH3 is 1. The summed E-state index contributed by atoms with van der Waals surface area (Å²) in [4.78, 5) is 26.5. The van der Waals surface area contributed by atoms with Gasteiger partial charge in [-0.25, -0.2) is 4.79 Å². The molecule has 3 rings (SSSR count). The number of hydrogen-bond acceptors (Lipinski definition) is 5. The van der Waals surface area contributed by atoms with Crippen molar-refractivity contribution in [3.05, 3.63) is 59.7 Å². The number of ether oxygens (including phenoxy) is 2. The van der Waals surface area contributed by atoms with Crippen molar-refractivity contribution in [2.75, 3.05) is 50.2 Å². The molecule has 0 unspecified atom stereocenters. The minimum atomic E-state index is -0.282. The molecule has 1 aliphatic rings. The maximum absolute atomic E-state index is 12.4. The Morgan fingerprint density at radius 1 is 0.968 bits per heavy atom. The smallest absolute Gasteiger partial charge is 0.319 e. The summed E-state index contributed by atoms with van der Waals surface area (Å²) < 4.78 is 10.5. The predicted octanol–water partition coefficient (Wildman–Crippen LogP) is 3.15. The molecule has 0 atom stereocenters. The molecule has 1 aliphatic heterocycles. The van der Waals surface area contributed by atoms with Crippen LogP contribution in [0.15, 0.2) is 48.5 Å². The summed E-state index contributed by atoms with van der Waals surface area (Å²) in [6.07, 6.45) is 0.391. The lowest BCUT2D eigenvalue weighted by Crippen LogP contribution is -2.38. The summed E-state index contributed by atoms with van der Waals surface area (Å²) >= 11 is 1.89. The fourth-order valence-electron chi connectivity index (χ4n) is 3.11. The second-order valence-electron chi connectivity index (χ2n) is 7.16. The second-order valence-corrected chi connectivity index (χ2v) is 8.38. The van der Waals surface area contributed by atoms with Gasteiger partial charge in [-0.05, 0) is 35.4 Å². The van der Waals surface area contributed by atoms with Gasteiger partial charge in [-0.1, -0.05) is 24.3 Å². The van der Waals surface area contributed by atoms with Gasteiger partial charge in [-0.2, -0.15) is 11.8 Å². The first-order valence-corrected chi connectivity index (χ1v) is 11.5. The number of hydrogen-bond donors (Lipinski definition) is 2. The lowest BCUT2D eigenvalue weighted by molar-refractivity contribution is -0.130. The topological polar surface area (TPSA) is 79.9 Å². The highest BCUT2D eigenvalue weighted by atomic mass is 32.2. The molecule has 8 heteroatoms. The van der Waals surface area contributed by atoms with Gasteiger partial charge in [0.2, 0.25) is 5.91 Å². The van der Waals surface area contributed by atoms with E-state index in [9.17, 15) is 9.59 Å². The van der Waals surface area contributed by atoms with Gasteiger partial charge in [-0.3, -0.25) is 4.79 Å². The van der Waals surface area contributed by atoms with Crippen molar-refractivity contribution in [1.82, 2.24) is 10.2 Å². The summed E-state index contributed by atoms with van der Waals surface area (Å²) in [7, 11) is 1.63. The third-order valence-electron chi connectivity index (χ3n) is 4.86. The highest BCUT2D eigenvalue weighted by Crippen LogP contribution is 2.14. The summed E-state index contributed by atoms with van der Waals surface area (Å²) in [5.74, 6) is 2.95. The first-order valence-electron chi connectivity index (χ1n) is 10.3. The van der Waals surface area contributed by atoms with Gasteiger partial charge in [0.15, 0.2) is 0 Å². The number of carbonyl (C=O) groups excluding carboxylic acids is 2. The van der Waals surface area contributed by atoms with Crippen LogP contribution in [0.1, 0.15) is 11.1 Å². The van der Waals surface area contributed by atoms with E-state index >= 15 is 0 Å². The Kier molecular flexibility index (Phi) is 9.05. The molecule has 1 saturated heterocycles. The van der Waals surface area contributed by atoms with Crippen LogP contribution in [0, 0.1) is 0 Å². The summed E-state index contributed by atoms with van der Waals surface area (Å²) in [5, 5.41) is 5.65. The Morgan fingerprint density at radius 2 is 1.65 bits per heavy atom. The molecule has 31 heavy (non-hydrogen) atoms. The third kappa shape index (κ3) is 7.80. The number of urea groups is 1. The minimum Gasteiger partial charge on any atom is -0.491 e. The molecule has 1 heterocycles. The molecular weight excluding hydrogens is 414 g/mol. The largest absolute Gasteiger partial charge is 0.491 e. The van der Waals surface area contributed by atoms with E-state index in [2.05, 4.69) is 10.6 Å². The van der Waals surface area contributed by atoms with Crippen LogP contribution < -0.4 is 15.4 Å². The van der Waals surface area contributed by atoms with E-state index in [-0.39, 0.29) is 11.9 Å². The van der Waals surface area contributed by atoms with Crippen LogP contribution in [0.2, 0.25) is 0 Å². The molecular formula is C23H29N3O4S. The van der Waals surface area contributed by atoms with E-state index in [1.54, 1.807) is 7.11 Å². The quantitative estimate of drug-likeness (QED) is 0.582. The normalized spacial score (nSPS) is 13.5. The monoisotopic (exact) mass is 443 g/mol. The lowest BCUT2D eigenvalue weighted by atomic mass is 10.1. The van der Waals surface area contributed by atoms with Gasteiger partial charge in [0, 0.05) is 43.9 Å². The molecule has 3 amide bonds. The van der Waals surface area contributed by atoms with E-state index in [0.29, 0.717) is 31.9 Å². The van der Waals surface area contributed by atoms with Gasteiger partial charge < -0.3 is 25.0 Å². The van der Waals surface area contributed by atoms with E-state index in [4.69, 9.17) is 9.47 Å². The number of rotatable bonds is 9. The molecule has 0 radical (unpaired) electrons. The molecule has 7 nitrogen and oxygen atoms in total. The zero-order chi connectivity index (χ0) is 21.9. The fourth-order valence-corrected chi connectivity index (χ4v) is 4.01. The van der Waals surface area contributed by atoms with Crippen molar-refractivity contribution in [2.24, 2.45) is 0 Å². The van der Waals surface area contributed by atoms with Crippen LogP contribution in [-0.2, 0) is 22.5 Å². The van der Waals surface area contributed by atoms with Crippen molar-refractivity contribution in [3.8, 4) is 5.75 Å². The zero-order valence-corrected chi connectivity index (χ0v) is 18.6. The van der Waals surface area contributed by atoms with Crippen LogP contribution in [0.4, 0.5) is 10.5 Å². The van der Waals surface area contributed by atoms with Gasteiger partial charge in [0.25, 0.3) is 0 Å². The molecule has 2 N–H and O–H groups in total. The first kappa shape index (κ1) is 23.0. The van der Waals surface area contributed by atoms with Gasteiger partial charge in [0.05, 0.1) is 13.0 Å². The van der Waals surface area contributed by atoms with E-state index in [1.807, 2.05) is 65.2 Å². The van der Waals surface area contributed by atoms with Gasteiger partial charge in [0.1, 0.15) is 12.4 Å². The van der Waals surface area contributed by atoms with E-state index in [0.717, 1.165) is 41.5 Å².